The number of amidine groups is 1. The smallest absolute Gasteiger partial charge is 0.480 e. The van der Waals surface area contributed by atoms with E-state index in [4.69, 9.17) is 33.5 Å². The Kier molecular flexibility index (Phi) is 8.85. The molecule has 0 aromatic heterocycles. The largest absolute Gasteiger partial charge is 0.508 e. The molecule has 0 aliphatic carbocycles. The number of carbonyl (C=O) groups is 4. The number of hydrogen-bond donors (Lipinski definition) is 2. The van der Waals surface area contributed by atoms with Gasteiger partial charge in [-0.05, 0) is 33.8 Å². The Morgan fingerprint density at radius 1 is 1.29 bits per heavy atom. The van der Waals surface area contributed by atoms with E-state index in [0.717, 1.165) is 0 Å². The van der Waals surface area contributed by atoms with Crippen molar-refractivity contribution in [1.82, 2.24) is 5.32 Å². The van der Waals surface area contributed by atoms with Crippen molar-refractivity contribution >= 4 is 30.0 Å². The molecule has 0 radical (unpaired) electrons. The molecule has 0 spiro atoms. The second-order valence-electron chi connectivity index (χ2n) is 8.70. The molecule has 0 saturated carbocycles. The average molecular weight is 486 g/mol. The van der Waals surface area contributed by atoms with Crippen LogP contribution in [-0.2, 0) is 38.0 Å². The van der Waals surface area contributed by atoms with Gasteiger partial charge in [0.15, 0.2) is 6.10 Å². The molecule has 0 bridgehead atoms. The predicted octanol–water partition coefficient (Wildman–Crippen LogP) is 1.40. The summed E-state index contributed by atoms with van der Waals surface area (Å²) in [5.74, 6) is -2.51. The molecule has 1 fully saturated rings. The molecule has 190 valence electrons. The molecule has 2 aliphatic rings. The van der Waals surface area contributed by atoms with E-state index in [0.29, 0.717) is 0 Å². The molecule has 13 heteroatoms. The van der Waals surface area contributed by atoms with Crippen LogP contribution in [-0.4, -0.2) is 85.4 Å². The van der Waals surface area contributed by atoms with Crippen molar-refractivity contribution in [1.29, 1.82) is 0 Å². The standard InChI is InChI=1S/C21H30N2O11/c1-10-12(22-11(2)23-19(27)34-21(3,4)5)7-13(18(26)29-6)32-16(10)17(30-9-15(24)25)14-8-31-20(28)33-14/h7,10,12,14,16-17H,8-9H2,1-6H3,(H,24,25)(H,22,23,27)/t10-,12+,14-,16-,17-/m1/s1. The van der Waals surface area contributed by atoms with Gasteiger partial charge >= 0.3 is 24.2 Å². The first-order valence-electron chi connectivity index (χ1n) is 10.5. The highest BCUT2D eigenvalue weighted by Gasteiger charge is 2.46. The number of carbonyl (C=O) groups excluding carboxylic acids is 3. The van der Waals surface area contributed by atoms with Crippen LogP contribution >= 0.6 is 0 Å². The zero-order chi connectivity index (χ0) is 25.6. The van der Waals surface area contributed by atoms with Crippen LogP contribution in [0.4, 0.5) is 9.59 Å². The van der Waals surface area contributed by atoms with E-state index in [-0.39, 0.29) is 18.2 Å². The third-order valence-corrected chi connectivity index (χ3v) is 4.80. The van der Waals surface area contributed by atoms with Gasteiger partial charge < -0.3 is 38.8 Å². The summed E-state index contributed by atoms with van der Waals surface area (Å²) < 4.78 is 31.1. The molecule has 34 heavy (non-hydrogen) atoms. The van der Waals surface area contributed by atoms with Gasteiger partial charge in [0.05, 0.1) is 13.2 Å². The zero-order valence-corrected chi connectivity index (χ0v) is 19.9. The van der Waals surface area contributed by atoms with E-state index >= 15 is 0 Å². The molecule has 0 aromatic rings. The zero-order valence-electron chi connectivity index (χ0n) is 19.9. The fourth-order valence-electron chi connectivity index (χ4n) is 3.35. The lowest BCUT2D eigenvalue weighted by molar-refractivity contribution is -0.163. The average Bonchev–Trinajstić information content (AvgIpc) is 3.14. The first kappa shape index (κ1) is 26.9. The highest BCUT2D eigenvalue weighted by Crippen LogP contribution is 2.31. The van der Waals surface area contributed by atoms with Crippen LogP contribution in [0.15, 0.2) is 16.8 Å². The summed E-state index contributed by atoms with van der Waals surface area (Å²) in [7, 11) is 1.17. The molecule has 0 unspecified atom stereocenters. The number of ether oxygens (including phenoxy) is 6. The maximum atomic E-state index is 12.3. The topological polar surface area (TPSA) is 168 Å². The summed E-state index contributed by atoms with van der Waals surface area (Å²) in [6.07, 6.45) is -3.33. The number of aliphatic imine (C=N–C) groups is 1. The number of hydrogen-bond acceptors (Lipinski definition) is 10. The molecule has 13 nitrogen and oxygen atoms in total. The molecule has 1 amide bonds. The van der Waals surface area contributed by atoms with Crippen LogP contribution in [0.25, 0.3) is 0 Å². The minimum Gasteiger partial charge on any atom is -0.480 e. The van der Waals surface area contributed by atoms with E-state index in [1.54, 1.807) is 27.7 Å². The van der Waals surface area contributed by atoms with E-state index in [2.05, 4.69) is 10.3 Å². The summed E-state index contributed by atoms with van der Waals surface area (Å²) in [6, 6.07) is -0.631. The minimum atomic E-state index is -1.25. The highest BCUT2D eigenvalue weighted by atomic mass is 16.8. The third-order valence-electron chi connectivity index (χ3n) is 4.80. The molecular formula is C21H30N2O11. The number of aliphatic carboxylic acids is 1. The summed E-state index contributed by atoms with van der Waals surface area (Å²) in [6.45, 7) is 7.49. The lowest BCUT2D eigenvalue weighted by Crippen LogP contribution is -2.54. The van der Waals surface area contributed by atoms with Crippen molar-refractivity contribution in [3.8, 4) is 0 Å². The summed E-state index contributed by atoms with van der Waals surface area (Å²) in [5, 5.41) is 12.1. The lowest BCUT2D eigenvalue weighted by Gasteiger charge is -2.40. The van der Waals surface area contributed by atoms with E-state index in [9.17, 15) is 19.2 Å². The summed E-state index contributed by atoms with van der Waals surface area (Å²) in [5.41, 5.74) is -0.731. The van der Waals surface area contributed by atoms with Crippen molar-refractivity contribution in [3.05, 3.63) is 11.8 Å². The van der Waals surface area contributed by atoms with Gasteiger partial charge in [-0.2, -0.15) is 4.99 Å². The van der Waals surface area contributed by atoms with Crippen LogP contribution < -0.4 is 5.32 Å². The second kappa shape index (κ2) is 11.2. The maximum absolute atomic E-state index is 12.3. The molecule has 2 aliphatic heterocycles. The quantitative estimate of drug-likeness (QED) is 0.230. The summed E-state index contributed by atoms with van der Waals surface area (Å²) >= 11 is 0. The Morgan fingerprint density at radius 2 is 1.97 bits per heavy atom. The molecule has 5 atom stereocenters. The molecular weight excluding hydrogens is 456 g/mol. The first-order valence-corrected chi connectivity index (χ1v) is 10.5. The van der Waals surface area contributed by atoms with E-state index in [1.165, 1.54) is 20.1 Å². The number of carboxylic acids is 1. The number of amides is 1. The predicted molar refractivity (Wildman–Crippen MR) is 114 cm³/mol. The lowest BCUT2D eigenvalue weighted by atomic mass is 9.87. The molecule has 2 heterocycles. The number of esters is 1. The SMILES string of the molecule is COC(=O)C1=C[C@H](N/C(C)=N\C(=O)OC(C)(C)C)[C@@H](C)[C@H]([C@H](OCC(=O)O)[C@H]2COC(=O)O2)O1. The molecule has 2 rings (SSSR count). The normalized spacial score (nSPS) is 25.8. The van der Waals surface area contributed by atoms with E-state index in [1.807, 2.05) is 0 Å². The second-order valence-corrected chi connectivity index (χ2v) is 8.70. The third kappa shape index (κ3) is 7.61. The van der Waals surface area contributed by atoms with Gasteiger partial charge in [-0.15, -0.1) is 0 Å². The Labute approximate surface area is 196 Å². The van der Waals surface area contributed by atoms with Crippen molar-refractivity contribution in [2.45, 2.75) is 64.6 Å². The van der Waals surface area contributed by atoms with Gasteiger partial charge in [0.1, 0.15) is 36.9 Å². The number of carboxylic acid groups (broad SMARTS) is 1. The molecule has 2 N–H and O–H groups in total. The van der Waals surface area contributed by atoms with Gasteiger partial charge in [-0.1, -0.05) is 6.92 Å². The number of rotatable bonds is 7. The van der Waals surface area contributed by atoms with Crippen LogP contribution in [0.5, 0.6) is 0 Å². The number of methoxy groups -OCH3 is 1. The maximum Gasteiger partial charge on any atom is 0.508 e. The Balaban J connectivity index is 2.31. The number of nitrogens with zero attached hydrogens (tertiary/aromatic N) is 1. The van der Waals surface area contributed by atoms with Gasteiger partial charge in [0, 0.05) is 5.92 Å². The summed E-state index contributed by atoms with van der Waals surface area (Å²) in [4.78, 5) is 50.7. The van der Waals surface area contributed by atoms with Crippen LogP contribution in [0.1, 0.15) is 34.6 Å². The molecule has 0 aromatic carbocycles. The first-order chi connectivity index (χ1) is 15.8. The Morgan fingerprint density at radius 3 is 2.50 bits per heavy atom. The van der Waals surface area contributed by atoms with Crippen LogP contribution in [0, 0.1) is 5.92 Å². The fourth-order valence-corrected chi connectivity index (χ4v) is 3.35. The van der Waals surface area contributed by atoms with Crippen molar-refractivity contribution in [3.63, 3.8) is 0 Å². The van der Waals surface area contributed by atoms with Gasteiger partial charge in [0.25, 0.3) is 0 Å². The van der Waals surface area contributed by atoms with Crippen molar-refractivity contribution in [2.24, 2.45) is 10.9 Å². The van der Waals surface area contributed by atoms with E-state index < -0.39 is 66.7 Å². The highest BCUT2D eigenvalue weighted by molar-refractivity contribution is 5.91. The molecule has 1 saturated heterocycles. The number of nitrogens with one attached hydrogen (secondary N) is 1. The fraction of sp³-hybridized carbons (Fsp3) is 0.667. The van der Waals surface area contributed by atoms with Gasteiger partial charge in [-0.25, -0.2) is 19.2 Å². The number of cyclic esters (lactones) is 2. The monoisotopic (exact) mass is 486 g/mol. The van der Waals surface area contributed by atoms with Crippen molar-refractivity contribution < 1.29 is 52.7 Å². The van der Waals surface area contributed by atoms with Gasteiger partial charge in [-0.3, -0.25) is 0 Å². The Hall–Kier alpha value is -3.35. The van der Waals surface area contributed by atoms with Crippen LogP contribution in [0.2, 0.25) is 0 Å². The minimum absolute atomic E-state index is 0.178. The van der Waals surface area contributed by atoms with Crippen molar-refractivity contribution in [2.75, 3.05) is 20.3 Å². The van der Waals surface area contributed by atoms with Crippen LogP contribution in [0.3, 0.4) is 0 Å². The van der Waals surface area contributed by atoms with Gasteiger partial charge in [0.2, 0.25) is 5.76 Å². The Bertz CT molecular complexity index is 861.